The second kappa shape index (κ2) is 4.72. The van der Waals surface area contributed by atoms with Crippen LogP contribution in [0.5, 0.6) is 0 Å². The van der Waals surface area contributed by atoms with Gasteiger partial charge in [0.1, 0.15) is 0 Å². The summed E-state index contributed by atoms with van der Waals surface area (Å²) in [6.07, 6.45) is -11.9. The SMILES string of the molecule is CF.FCN1C(F)(F)C(F)(F)OC(F)(F)C1(F)F. The van der Waals surface area contributed by atoms with E-state index in [1.54, 1.807) is 0 Å². The molecule has 0 saturated carbocycles. The number of alkyl halides is 10. The molecule has 0 amide bonds. The van der Waals surface area contributed by atoms with Crippen LogP contribution in [0.4, 0.5) is 43.9 Å². The van der Waals surface area contributed by atoms with Crippen LogP contribution in [0, 0.1) is 0 Å². The van der Waals surface area contributed by atoms with Crippen molar-refractivity contribution in [1.29, 1.82) is 0 Å². The standard InChI is InChI=1S/C5H2F9NO.CH3F/c6-1-15-2(7,8)4(11,12)16-5(13,14)3(15,9)10;1-2/h1H2;1H3. The second-order valence-corrected chi connectivity index (χ2v) is 2.77. The zero-order valence-electron chi connectivity index (χ0n) is 8.34. The molecule has 0 aromatic rings. The number of nitrogens with zero attached hydrogens (tertiary/aromatic N) is 1. The summed E-state index contributed by atoms with van der Waals surface area (Å²) in [6.45, 7) is -2.91. The molecule has 0 aliphatic carbocycles. The van der Waals surface area contributed by atoms with E-state index in [0.717, 1.165) is 0 Å². The molecule has 1 aliphatic rings. The first-order valence-corrected chi connectivity index (χ1v) is 3.83. The van der Waals surface area contributed by atoms with E-state index in [4.69, 9.17) is 0 Å². The van der Waals surface area contributed by atoms with Gasteiger partial charge in [-0.2, -0.15) is 35.1 Å². The molecule has 12 heteroatoms. The highest BCUT2D eigenvalue weighted by atomic mass is 19.4. The zero-order valence-corrected chi connectivity index (χ0v) is 8.34. The van der Waals surface area contributed by atoms with E-state index in [2.05, 4.69) is 0 Å². The fourth-order valence-electron chi connectivity index (χ4n) is 0.924. The predicted octanol–water partition coefficient (Wildman–Crippen LogP) is 3.20. The summed E-state index contributed by atoms with van der Waals surface area (Å²) in [7, 11) is 0.500. The van der Waals surface area contributed by atoms with Gasteiger partial charge in [0.25, 0.3) is 0 Å². The Morgan fingerprint density at radius 3 is 1.28 bits per heavy atom. The van der Waals surface area contributed by atoms with E-state index >= 15 is 0 Å². The molecule has 0 spiro atoms. The minimum absolute atomic E-state index is 0.500. The highest BCUT2D eigenvalue weighted by Gasteiger charge is 2.82. The lowest BCUT2D eigenvalue weighted by molar-refractivity contribution is -0.565. The molecule has 110 valence electrons. The van der Waals surface area contributed by atoms with Gasteiger partial charge in [-0.05, 0) is 0 Å². The van der Waals surface area contributed by atoms with Crippen molar-refractivity contribution < 1.29 is 48.6 Å². The van der Waals surface area contributed by atoms with Crippen molar-refractivity contribution in [2.45, 2.75) is 24.3 Å². The van der Waals surface area contributed by atoms with Crippen molar-refractivity contribution >= 4 is 0 Å². The van der Waals surface area contributed by atoms with Gasteiger partial charge in [-0.15, -0.1) is 4.90 Å². The van der Waals surface area contributed by atoms with Crippen LogP contribution in [0.15, 0.2) is 0 Å². The zero-order chi connectivity index (χ0) is 15.0. The average Bonchev–Trinajstić information content (AvgIpc) is 2.17. The Hall–Kier alpha value is -0.780. The van der Waals surface area contributed by atoms with Gasteiger partial charge in [0.05, 0.1) is 7.18 Å². The second-order valence-electron chi connectivity index (χ2n) is 2.77. The van der Waals surface area contributed by atoms with Crippen LogP contribution < -0.4 is 0 Å². The van der Waals surface area contributed by atoms with E-state index in [1.165, 1.54) is 0 Å². The van der Waals surface area contributed by atoms with Crippen LogP contribution in [0.2, 0.25) is 0 Å². The lowest BCUT2D eigenvalue weighted by atomic mass is 10.3. The smallest absolute Gasteiger partial charge is 0.255 e. The third-order valence-electron chi connectivity index (χ3n) is 1.75. The van der Waals surface area contributed by atoms with Crippen molar-refractivity contribution in [3.63, 3.8) is 0 Å². The first kappa shape index (κ1) is 17.2. The molecular formula is C6H5F10NO. The number of hydrogen-bond donors (Lipinski definition) is 0. The highest BCUT2D eigenvalue weighted by Crippen LogP contribution is 2.55. The summed E-state index contributed by atoms with van der Waals surface area (Å²) in [4.78, 5) is -2.26. The normalized spacial score (nSPS) is 28.2. The third kappa shape index (κ3) is 2.22. The maximum absolute atomic E-state index is 12.5. The fourth-order valence-corrected chi connectivity index (χ4v) is 0.924. The average molecular weight is 297 g/mol. The Kier molecular flexibility index (Phi) is 4.51. The molecule has 1 aliphatic heterocycles. The molecule has 2 nitrogen and oxygen atoms in total. The van der Waals surface area contributed by atoms with Crippen molar-refractivity contribution in [3.8, 4) is 0 Å². The van der Waals surface area contributed by atoms with Crippen LogP contribution in [0.1, 0.15) is 0 Å². The molecule has 18 heavy (non-hydrogen) atoms. The predicted molar refractivity (Wildman–Crippen MR) is 35.7 cm³/mol. The van der Waals surface area contributed by atoms with E-state index in [0.29, 0.717) is 7.18 Å². The topological polar surface area (TPSA) is 12.5 Å². The van der Waals surface area contributed by atoms with Crippen molar-refractivity contribution in [1.82, 2.24) is 4.90 Å². The first-order chi connectivity index (χ1) is 7.90. The monoisotopic (exact) mass is 297 g/mol. The number of hydrogen-bond acceptors (Lipinski definition) is 2. The largest absolute Gasteiger partial charge is 0.439 e. The summed E-state index contributed by atoms with van der Waals surface area (Å²) in [6, 6.07) is -11.8. The van der Waals surface area contributed by atoms with Crippen LogP contribution in [-0.4, -0.2) is 43.2 Å². The van der Waals surface area contributed by atoms with Gasteiger partial charge in [-0.1, -0.05) is 0 Å². The maximum atomic E-state index is 12.5. The summed E-state index contributed by atoms with van der Waals surface area (Å²) in [5, 5.41) is 0. The van der Waals surface area contributed by atoms with Crippen molar-refractivity contribution in [2.75, 3.05) is 14.0 Å². The van der Waals surface area contributed by atoms with E-state index in [9.17, 15) is 43.9 Å². The Morgan fingerprint density at radius 1 is 0.778 bits per heavy atom. The maximum Gasteiger partial charge on any atom is 0.439 e. The summed E-state index contributed by atoms with van der Waals surface area (Å²) in [5.74, 6) is 0. The van der Waals surface area contributed by atoms with Gasteiger partial charge < -0.3 is 0 Å². The Morgan fingerprint density at radius 2 is 1.06 bits per heavy atom. The fraction of sp³-hybridized carbons (Fsp3) is 1.00. The molecule has 0 atom stereocenters. The minimum atomic E-state index is -5.94. The minimum Gasteiger partial charge on any atom is -0.255 e. The highest BCUT2D eigenvalue weighted by molar-refractivity contribution is 4.92. The number of ether oxygens (including phenoxy) is 1. The summed E-state index contributed by atoms with van der Waals surface area (Å²) in [5.41, 5.74) is 0. The molecular weight excluding hydrogens is 292 g/mol. The van der Waals surface area contributed by atoms with Gasteiger partial charge >= 0.3 is 24.3 Å². The van der Waals surface area contributed by atoms with Crippen LogP contribution in [0.25, 0.3) is 0 Å². The van der Waals surface area contributed by atoms with Gasteiger partial charge in [0, 0.05) is 0 Å². The van der Waals surface area contributed by atoms with E-state index in [1.807, 2.05) is 4.74 Å². The number of morpholine rings is 1. The first-order valence-electron chi connectivity index (χ1n) is 3.83. The Bertz CT molecular complexity index is 266. The molecule has 0 N–H and O–H groups in total. The van der Waals surface area contributed by atoms with Gasteiger partial charge in [0.2, 0.25) is 0 Å². The summed E-state index contributed by atoms with van der Waals surface area (Å²) < 4.78 is 122. The molecule has 0 unspecified atom stereocenters. The van der Waals surface area contributed by atoms with Gasteiger partial charge in [-0.25, -0.2) is 9.13 Å². The molecule has 1 rings (SSSR count). The van der Waals surface area contributed by atoms with Crippen molar-refractivity contribution in [2.24, 2.45) is 0 Å². The third-order valence-corrected chi connectivity index (χ3v) is 1.75. The van der Waals surface area contributed by atoms with E-state index in [-0.39, 0.29) is 0 Å². The molecule has 0 bridgehead atoms. The molecule has 1 fully saturated rings. The van der Waals surface area contributed by atoms with Crippen molar-refractivity contribution in [3.05, 3.63) is 0 Å². The van der Waals surface area contributed by atoms with Crippen LogP contribution in [-0.2, 0) is 4.74 Å². The number of rotatable bonds is 1. The molecule has 0 aromatic carbocycles. The van der Waals surface area contributed by atoms with E-state index < -0.39 is 36.0 Å². The Balaban J connectivity index is 0.00000137. The molecule has 1 saturated heterocycles. The van der Waals surface area contributed by atoms with Crippen LogP contribution in [0.3, 0.4) is 0 Å². The lowest BCUT2D eigenvalue weighted by Gasteiger charge is -2.45. The quantitative estimate of drug-likeness (QED) is 0.544. The lowest BCUT2D eigenvalue weighted by Crippen LogP contribution is -2.73. The van der Waals surface area contributed by atoms with Gasteiger partial charge in [0.15, 0.2) is 6.80 Å². The summed E-state index contributed by atoms with van der Waals surface area (Å²) >= 11 is 0. The van der Waals surface area contributed by atoms with Crippen LogP contribution >= 0.6 is 0 Å². The number of halogens is 10. The molecule has 0 aromatic heterocycles. The Labute approximate surface area is 93.1 Å². The van der Waals surface area contributed by atoms with Gasteiger partial charge in [-0.3, -0.25) is 4.39 Å². The molecule has 1 heterocycles. The molecule has 0 radical (unpaired) electrons.